The van der Waals surface area contributed by atoms with Gasteiger partial charge in [-0.15, -0.1) is 13.2 Å². The van der Waals surface area contributed by atoms with Gasteiger partial charge in [0.2, 0.25) is 0 Å². The number of rotatable bonds is 5. The highest BCUT2D eigenvalue weighted by atomic mass is 19.4. The number of alkyl halides is 3. The average molecular weight is 327 g/mol. The van der Waals surface area contributed by atoms with Gasteiger partial charge in [0.15, 0.2) is 0 Å². The van der Waals surface area contributed by atoms with E-state index in [9.17, 15) is 22.4 Å². The molecule has 2 aromatic carbocycles. The summed E-state index contributed by atoms with van der Waals surface area (Å²) < 4.78 is 52.6. The van der Waals surface area contributed by atoms with E-state index in [0.717, 1.165) is 17.7 Å². The van der Waals surface area contributed by atoms with Crippen LogP contribution in [-0.4, -0.2) is 18.8 Å². The molecule has 0 fully saturated rings. The van der Waals surface area contributed by atoms with Crippen molar-refractivity contribution >= 4 is 5.91 Å². The normalized spacial score (nSPS) is 11.1. The van der Waals surface area contributed by atoms with Crippen LogP contribution in [0.2, 0.25) is 0 Å². The van der Waals surface area contributed by atoms with E-state index in [1.54, 1.807) is 12.1 Å². The molecule has 1 N–H and O–H groups in total. The van der Waals surface area contributed by atoms with Crippen molar-refractivity contribution in [3.05, 3.63) is 65.5 Å². The Hall–Kier alpha value is -2.57. The smallest absolute Gasteiger partial charge is 0.406 e. The van der Waals surface area contributed by atoms with Crippen LogP contribution in [0.3, 0.4) is 0 Å². The van der Waals surface area contributed by atoms with Crippen LogP contribution < -0.4 is 10.1 Å². The number of carbonyl (C=O) groups is 1. The van der Waals surface area contributed by atoms with Crippen molar-refractivity contribution in [3.8, 4) is 5.75 Å². The second kappa shape index (κ2) is 7.13. The first kappa shape index (κ1) is 16.8. The maximum Gasteiger partial charge on any atom is 0.573 e. The summed E-state index contributed by atoms with van der Waals surface area (Å²) in [5.74, 6) is -1.13. The molecule has 23 heavy (non-hydrogen) atoms. The Bertz CT molecular complexity index is 651. The van der Waals surface area contributed by atoms with Gasteiger partial charge in [0.05, 0.1) is 0 Å². The molecule has 0 heterocycles. The lowest BCUT2D eigenvalue weighted by atomic mass is 10.1. The molecule has 2 rings (SSSR count). The highest BCUT2D eigenvalue weighted by Gasteiger charge is 2.31. The first-order chi connectivity index (χ1) is 10.8. The van der Waals surface area contributed by atoms with Crippen LogP contribution in [0.25, 0.3) is 0 Å². The molecule has 0 aliphatic rings. The largest absolute Gasteiger partial charge is 0.573 e. The van der Waals surface area contributed by atoms with Crippen LogP contribution >= 0.6 is 0 Å². The minimum atomic E-state index is -4.76. The standard InChI is InChI=1S/C16H13F4NO2/c17-13-5-1-11(2-6-13)9-10-21-15(22)12-3-7-14(8-4-12)23-16(18,19)20/h1-8H,9-10H2,(H,21,22). The molecule has 0 atom stereocenters. The summed E-state index contributed by atoms with van der Waals surface area (Å²) in [5.41, 5.74) is 1.08. The van der Waals surface area contributed by atoms with E-state index in [0.29, 0.717) is 13.0 Å². The highest BCUT2D eigenvalue weighted by molar-refractivity contribution is 5.94. The zero-order valence-corrected chi connectivity index (χ0v) is 11.9. The van der Waals surface area contributed by atoms with E-state index in [4.69, 9.17) is 0 Å². The predicted molar refractivity (Wildman–Crippen MR) is 75.6 cm³/mol. The lowest BCUT2D eigenvalue weighted by Gasteiger charge is -2.09. The van der Waals surface area contributed by atoms with Gasteiger partial charge in [0.25, 0.3) is 5.91 Å². The summed E-state index contributed by atoms with van der Waals surface area (Å²) >= 11 is 0. The van der Waals surface area contributed by atoms with Gasteiger partial charge in [0, 0.05) is 12.1 Å². The van der Waals surface area contributed by atoms with Crippen molar-refractivity contribution in [2.24, 2.45) is 0 Å². The summed E-state index contributed by atoms with van der Waals surface area (Å²) in [6, 6.07) is 10.5. The van der Waals surface area contributed by atoms with Crippen LogP contribution in [0.5, 0.6) is 5.75 Å². The number of hydrogen-bond acceptors (Lipinski definition) is 2. The maximum absolute atomic E-state index is 12.7. The first-order valence-electron chi connectivity index (χ1n) is 6.72. The lowest BCUT2D eigenvalue weighted by molar-refractivity contribution is -0.274. The zero-order valence-electron chi connectivity index (χ0n) is 11.9. The zero-order chi connectivity index (χ0) is 16.9. The fraction of sp³-hybridized carbons (Fsp3) is 0.188. The molecule has 0 aromatic heterocycles. The van der Waals surface area contributed by atoms with Gasteiger partial charge in [-0.05, 0) is 48.4 Å². The number of hydrogen-bond donors (Lipinski definition) is 1. The molecule has 0 aliphatic heterocycles. The molecular weight excluding hydrogens is 314 g/mol. The number of carbonyl (C=O) groups excluding carboxylic acids is 1. The number of amides is 1. The van der Waals surface area contributed by atoms with Gasteiger partial charge >= 0.3 is 6.36 Å². The summed E-state index contributed by atoms with van der Waals surface area (Å²) in [6.07, 6.45) is -4.25. The van der Waals surface area contributed by atoms with Gasteiger partial charge in [-0.25, -0.2) is 4.39 Å². The van der Waals surface area contributed by atoms with E-state index >= 15 is 0 Å². The Morgan fingerprint density at radius 1 is 1.00 bits per heavy atom. The third-order valence-corrected chi connectivity index (χ3v) is 2.96. The van der Waals surface area contributed by atoms with Crippen LogP contribution in [0.4, 0.5) is 17.6 Å². The Morgan fingerprint density at radius 3 is 2.17 bits per heavy atom. The number of ether oxygens (including phenoxy) is 1. The molecule has 0 radical (unpaired) electrons. The monoisotopic (exact) mass is 327 g/mol. The fourth-order valence-corrected chi connectivity index (χ4v) is 1.88. The first-order valence-corrected chi connectivity index (χ1v) is 6.72. The molecule has 0 saturated heterocycles. The van der Waals surface area contributed by atoms with Crippen LogP contribution in [-0.2, 0) is 6.42 Å². The summed E-state index contributed by atoms with van der Waals surface area (Å²) in [7, 11) is 0. The van der Waals surface area contributed by atoms with Gasteiger partial charge in [0.1, 0.15) is 11.6 Å². The highest BCUT2D eigenvalue weighted by Crippen LogP contribution is 2.22. The Morgan fingerprint density at radius 2 is 1.61 bits per heavy atom. The SMILES string of the molecule is O=C(NCCc1ccc(F)cc1)c1ccc(OC(F)(F)F)cc1. The average Bonchev–Trinajstić information content (AvgIpc) is 2.48. The third-order valence-electron chi connectivity index (χ3n) is 2.96. The molecule has 7 heteroatoms. The van der Waals surface area contributed by atoms with Crippen molar-refractivity contribution in [1.82, 2.24) is 5.32 Å². The van der Waals surface area contributed by atoms with Gasteiger partial charge in [-0.3, -0.25) is 4.79 Å². The van der Waals surface area contributed by atoms with E-state index in [1.807, 2.05) is 0 Å². The van der Waals surface area contributed by atoms with Crippen molar-refractivity contribution in [2.75, 3.05) is 6.54 Å². The molecule has 122 valence electrons. The topological polar surface area (TPSA) is 38.3 Å². The maximum atomic E-state index is 12.7. The van der Waals surface area contributed by atoms with Gasteiger partial charge in [-0.2, -0.15) is 0 Å². The predicted octanol–water partition coefficient (Wildman–Crippen LogP) is 3.70. The van der Waals surface area contributed by atoms with Crippen molar-refractivity contribution in [1.29, 1.82) is 0 Å². The minimum absolute atomic E-state index is 0.221. The van der Waals surface area contributed by atoms with E-state index < -0.39 is 12.3 Å². The van der Waals surface area contributed by atoms with Crippen molar-refractivity contribution in [3.63, 3.8) is 0 Å². The Balaban J connectivity index is 1.84. The van der Waals surface area contributed by atoms with E-state index in [-0.39, 0.29) is 17.1 Å². The molecule has 3 nitrogen and oxygen atoms in total. The molecule has 0 bridgehead atoms. The van der Waals surface area contributed by atoms with Gasteiger partial charge in [-0.1, -0.05) is 12.1 Å². The van der Waals surface area contributed by atoms with Crippen LogP contribution in [0, 0.1) is 5.82 Å². The lowest BCUT2D eigenvalue weighted by Crippen LogP contribution is -2.25. The fourth-order valence-electron chi connectivity index (χ4n) is 1.88. The molecule has 2 aromatic rings. The van der Waals surface area contributed by atoms with Crippen LogP contribution in [0.1, 0.15) is 15.9 Å². The van der Waals surface area contributed by atoms with E-state index in [2.05, 4.69) is 10.1 Å². The molecule has 0 spiro atoms. The quantitative estimate of drug-likeness (QED) is 0.851. The summed E-state index contributed by atoms with van der Waals surface area (Å²) in [5, 5.41) is 2.63. The third kappa shape index (κ3) is 5.61. The molecule has 0 unspecified atom stereocenters. The second-order valence-electron chi connectivity index (χ2n) is 4.70. The number of nitrogens with one attached hydrogen (secondary N) is 1. The second-order valence-corrected chi connectivity index (χ2v) is 4.70. The van der Waals surface area contributed by atoms with Crippen LogP contribution in [0.15, 0.2) is 48.5 Å². The molecule has 0 saturated carbocycles. The number of benzene rings is 2. The molecule has 0 aliphatic carbocycles. The molecular formula is C16H13F4NO2. The summed E-state index contributed by atoms with van der Waals surface area (Å²) in [6.45, 7) is 0.325. The van der Waals surface area contributed by atoms with E-state index in [1.165, 1.54) is 24.3 Å². The Labute approximate surface area is 129 Å². The van der Waals surface area contributed by atoms with Gasteiger partial charge < -0.3 is 10.1 Å². The van der Waals surface area contributed by atoms with Crippen molar-refractivity contribution < 1.29 is 27.1 Å². The Kier molecular flexibility index (Phi) is 5.20. The number of halogens is 4. The minimum Gasteiger partial charge on any atom is -0.406 e. The summed E-state index contributed by atoms with van der Waals surface area (Å²) in [4.78, 5) is 11.9. The van der Waals surface area contributed by atoms with Crippen molar-refractivity contribution in [2.45, 2.75) is 12.8 Å². The molecule has 1 amide bonds.